The average Bonchev–Trinajstić information content (AvgIpc) is 2.99. The van der Waals surface area contributed by atoms with Gasteiger partial charge in [-0.2, -0.15) is 0 Å². The number of amides is 1. The van der Waals surface area contributed by atoms with Crippen LogP contribution in [0, 0.1) is 12.7 Å². The molecule has 3 aromatic rings. The lowest BCUT2D eigenvalue weighted by molar-refractivity contribution is 0.0987. The molecule has 0 spiro atoms. The fraction of sp³-hybridized carbons (Fsp3) is 0.167. The molecule has 0 unspecified atom stereocenters. The van der Waals surface area contributed by atoms with Crippen LogP contribution in [0.15, 0.2) is 53.1 Å². The van der Waals surface area contributed by atoms with Gasteiger partial charge in [0.25, 0.3) is 5.91 Å². The van der Waals surface area contributed by atoms with Crippen molar-refractivity contribution in [3.8, 4) is 0 Å². The van der Waals surface area contributed by atoms with Crippen molar-refractivity contribution in [3.05, 3.63) is 65.7 Å². The summed E-state index contributed by atoms with van der Waals surface area (Å²) >= 11 is 0. The summed E-state index contributed by atoms with van der Waals surface area (Å²) in [6.45, 7) is 2.42. The van der Waals surface area contributed by atoms with Crippen molar-refractivity contribution < 1.29 is 13.6 Å². The molecule has 0 fully saturated rings. The quantitative estimate of drug-likeness (QED) is 0.802. The number of aryl methyl sites for hydroxylation is 1. The van der Waals surface area contributed by atoms with E-state index in [2.05, 4.69) is 0 Å². The summed E-state index contributed by atoms with van der Waals surface area (Å²) in [4.78, 5) is 14.5. The van der Waals surface area contributed by atoms with Crippen LogP contribution in [-0.4, -0.2) is 19.0 Å². The number of carbonyl (C=O) groups excluding carboxylic acids is 1. The molecule has 2 N–H and O–H groups in total. The van der Waals surface area contributed by atoms with Gasteiger partial charge >= 0.3 is 0 Å². The lowest BCUT2D eigenvalue weighted by atomic mass is 10.1. The number of halogens is 1. The molecule has 0 aliphatic rings. The number of nitrogens with two attached hydrogens (primary N) is 1. The Labute approximate surface area is 133 Å². The van der Waals surface area contributed by atoms with Crippen LogP contribution in [0.5, 0.6) is 0 Å². The minimum absolute atomic E-state index is 0.198. The summed E-state index contributed by atoms with van der Waals surface area (Å²) in [6, 6.07) is 11.5. The van der Waals surface area contributed by atoms with E-state index in [4.69, 9.17) is 10.2 Å². The van der Waals surface area contributed by atoms with Gasteiger partial charge in [-0.05, 0) is 55.0 Å². The Morgan fingerprint density at radius 1 is 1.22 bits per heavy atom. The van der Waals surface area contributed by atoms with Gasteiger partial charge in [-0.25, -0.2) is 4.39 Å². The summed E-state index contributed by atoms with van der Waals surface area (Å²) in [5.74, 6) is -0.556. The van der Waals surface area contributed by atoms with Crippen molar-refractivity contribution in [3.63, 3.8) is 0 Å². The fourth-order valence-corrected chi connectivity index (χ4v) is 2.61. The highest BCUT2D eigenvalue weighted by Gasteiger charge is 2.19. The number of fused-ring (bicyclic) bond motifs is 1. The second-order valence-electron chi connectivity index (χ2n) is 5.35. The molecular weight excluding hydrogens is 295 g/mol. The molecule has 0 saturated carbocycles. The van der Waals surface area contributed by atoms with E-state index in [0.29, 0.717) is 24.2 Å². The zero-order valence-electron chi connectivity index (χ0n) is 12.8. The van der Waals surface area contributed by atoms with Gasteiger partial charge in [0.2, 0.25) is 0 Å². The Hall–Kier alpha value is -2.66. The van der Waals surface area contributed by atoms with Crippen molar-refractivity contribution in [2.45, 2.75) is 6.92 Å². The van der Waals surface area contributed by atoms with Gasteiger partial charge in [0.05, 0.1) is 6.26 Å². The second kappa shape index (κ2) is 6.22. The van der Waals surface area contributed by atoms with E-state index in [1.165, 1.54) is 18.2 Å². The number of benzene rings is 2. The molecule has 0 saturated heterocycles. The van der Waals surface area contributed by atoms with Gasteiger partial charge < -0.3 is 15.1 Å². The summed E-state index contributed by atoms with van der Waals surface area (Å²) < 4.78 is 18.6. The maximum atomic E-state index is 13.3. The third kappa shape index (κ3) is 2.96. The van der Waals surface area contributed by atoms with Crippen LogP contribution in [-0.2, 0) is 0 Å². The van der Waals surface area contributed by atoms with Gasteiger partial charge in [-0.3, -0.25) is 4.79 Å². The first-order valence-corrected chi connectivity index (χ1v) is 7.35. The molecule has 3 rings (SSSR count). The molecule has 1 heterocycles. The van der Waals surface area contributed by atoms with Gasteiger partial charge in [0.1, 0.15) is 11.4 Å². The first kappa shape index (κ1) is 15.2. The van der Waals surface area contributed by atoms with Crippen LogP contribution in [0.3, 0.4) is 0 Å². The van der Waals surface area contributed by atoms with Gasteiger partial charge in [-0.15, -0.1) is 0 Å². The fourth-order valence-electron chi connectivity index (χ4n) is 2.61. The van der Waals surface area contributed by atoms with Gasteiger partial charge in [-0.1, -0.05) is 0 Å². The van der Waals surface area contributed by atoms with E-state index in [1.807, 2.05) is 24.3 Å². The molecule has 1 amide bonds. The van der Waals surface area contributed by atoms with E-state index in [0.717, 1.165) is 16.7 Å². The number of anilines is 1. The van der Waals surface area contributed by atoms with E-state index in [1.54, 1.807) is 18.1 Å². The smallest absolute Gasteiger partial charge is 0.258 e. The minimum atomic E-state index is -0.357. The molecule has 23 heavy (non-hydrogen) atoms. The number of hydrogen-bond acceptors (Lipinski definition) is 3. The maximum absolute atomic E-state index is 13.3. The van der Waals surface area contributed by atoms with Gasteiger partial charge in [0, 0.05) is 29.7 Å². The lowest BCUT2D eigenvalue weighted by Crippen LogP contribution is -2.35. The number of hydrogen-bond donors (Lipinski definition) is 1. The molecule has 0 aliphatic carbocycles. The maximum Gasteiger partial charge on any atom is 0.258 e. The third-order valence-corrected chi connectivity index (χ3v) is 3.76. The summed E-state index contributed by atoms with van der Waals surface area (Å²) in [5, 5.41) is 0.910. The van der Waals surface area contributed by atoms with Crippen molar-refractivity contribution in [2.75, 3.05) is 18.0 Å². The van der Waals surface area contributed by atoms with E-state index >= 15 is 0 Å². The van der Waals surface area contributed by atoms with E-state index in [9.17, 15) is 9.18 Å². The SMILES string of the molecule is Cc1cc(F)ccc1C(=O)N(CCN)c1ccc2occc2c1. The highest BCUT2D eigenvalue weighted by molar-refractivity contribution is 6.07. The van der Waals surface area contributed by atoms with Crippen LogP contribution in [0.25, 0.3) is 11.0 Å². The van der Waals surface area contributed by atoms with Crippen LogP contribution < -0.4 is 10.6 Å². The largest absolute Gasteiger partial charge is 0.464 e. The minimum Gasteiger partial charge on any atom is -0.464 e. The normalized spacial score (nSPS) is 10.9. The van der Waals surface area contributed by atoms with Crippen LogP contribution >= 0.6 is 0 Å². The Kier molecular flexibility index (Phi) is 4.12. The topological polar surface area (TPSA) is 59.5 Å². The molecule has 5 heteroatoms. The lowest BCUT2D eigenvalue weighted by Gasteiger charge is -2.23. The molecule has 0 aliphatic heterocycles. The van der Waals surface area contributed by atoms with Crippen molar-refractivity contribution in [2.24, 2.45) is 5.73 Å². The highest BCUT2D eigenvalue weighted by atomic mass is 19.1. The monoisotopic (exact) mass is 312 g/mol. The molecule has 0 radical (unpaired) electrons. The molecule has 1 aromatic heterocycles. The Bertz CT molecular complexity index is 857. The van der Waals surface area contributed by atoms with E-state index in [-0.39, 0.29) is 11.7 Å². The molecule has 4 nitrogen and oxygen atoms in total. The standard InChI is InChI=1S/C18H17FN2O2/c1-12-10-14(19)2-4-16(12)18(22)21(8-7-20)15-3-5-17-13(11-15)6-9-23-17/h2-6,9-11H,7-8,20H2,1H3. The Morgan fingerprint density at radius 3 is 2.78 bits per heavy atom. The summed E-state index contributed by atoms with van der Waals surface area (Å²) in [6.07, 6.45) is 1.60. The molecule has 2 aromatic carbocycles. The Balaban J connectivity index is 2.01. The molecular formula is C18H17FN2O2. The zero-order chi connectivity index (χ0) is 16.4. The number of nitrogens with zero attached hydrogens (tertiary/aromatic N) is 1. The van der Waals surface area contributed by atoms with E-state index < -0.39 is 0 Å². The number of furan rings is 1. The predicted molar refractivity (Wildman–Crippen MR) is 88.1 cm³/mol. The zero-order valence-corrected chi connectivity index (χ0v) is 12.8. The van der Waals surface area contributed by atoms with Gasteiger partial charge in [0.15, 0.2) is 0 Å². The number of carbonyl (C=O) groups is 1. The molecule has 118 valence electrons. The third-order valence-electron chi connectivity index (χ3n) is 3.76. The van der Waals surface area contributed by atoms with Crippen LogP contribution in [0.1, 0.15) is 15.9 Å². The second-order valence-corrected chi connectivity index (χ2v) is 5.35. The highest BCUT2D eigenvalue weighted by Crippen LogP contribution is 2.25. The Morgan fingerprint density at radius 2 is 2.04 bits per heavy atom. The molecule has 0 atom stereocenters. The first-order chi connectivity index (χ1) is 11.1. The average molecular weight is 312 g/mol. The van der Waals surface area contributed by atoms with Crippen LogP contribution in [0.2, 0.25) is 0 Å². The van der Waals surface area contributed by atoms with Crippen molar-refractivity contribution >= 4 is 22.6 Å². The predicted octanol–water partition coefficient (Wildman–Crippen LogP) is 3.49. The first-order valence-electron chi connectivity index (χ1n) is 7.35. The van der Waals surface area contributed by atoms with Crippen molar-refractivity contribution in [1.29, 1.82) is 0 Å². The van der Waals surface area contributed by atoms with Crippen LogP contribution in [0.4, 0.5) is 10.1 Å². The summed E-state index contributed by atoms with van der Waals surface area (Å²) in [7, 11) is 0. The molecule has 0 bridgehead atoms. The summed E-state index contributed by atoms with van der Waals surface area (Å²) in [5.41, 5.74) is 8.22. The number of rotatable bonds is 4. The van der Waals surface area contributed by atoms with Crippen molar-refractivity contribution in [1.82, 2.24) is 0 Å².